The second-order valence-electron chi connectivity index (χ2n) is 4.37. The van der Waals surface area contributed by atoms with E-state index in [0.29, 0.717) is 11.1 Å². The number of benzene rings is 2. The van der Waals surface area contributed by atoms with Gasteiger partial charge in [0.25, 0.3) is 0 Å². The minimum Gasteiger partial charge on any atom is -0.206 e. The van der Waals surface area contributed by atoms with E-state index in [2.05, 4.69) is 10.2 Å². The minimum atomic E-state index is -0.955. The van der Waals surface area contributed by atoms with Crippen molar-refractivity contribution in [1.29, 1.82) is 0 Å². The zero-order valence-corrected chi connectivity index (χ0v) is 11.4. The smallest absolute Gasteiger partial charge is 0.159 e. The highest BCUT2D eigenvalue weighted by molar-refractivity contribution is 5.82. The number of aryl methyl sites for hydroxylation is 1. The Morgan fingerprint density at radius 2 is 1.62 bits per heavy atom. The molecule has 0 aliphatic carbocycles. The van der Waals surface area contributed by atoms with Gasteiger partial charge in [-0.2, -0.15) is 10.2 Å². The van der Waals surface area contributed by atoms with Crippen molar-refractivity contribution in [3.63, 3.8) is 0 Å². The summed E-state index contributed by atoms with van der Waals surface area (Å²) >= 11 is 0. The first-order valence-corrected chi connectivity index (χ1v) is 6.40. The normalized spacial score (nSPS) is 11.6. The Balaban J connectivity index is 2.08. The molecule has 2 rings (SSSR count). The van der Waals surface area contributed by atoms with Crippen LogP contribution in [-0.4, -0.2) is 12.4 Å². The van der Waals surface area contributed by atoms with E-state index in [1.54, 1.807) is 6.07 Å². The van der Waals surface area contributed by atoms with Gasteiger partial charge in [-0.05, 0) is 35.7 Å². The molecule has 2 aromatic rings. The molecule has 0 aliphatic rings. The summed E-state index contributed by atoms with van der Waals surface area (Å²) in [5.74, 6) is -2.25. The number of rotatable bonds is 4. The first kappa shape index (κ1) is 15.0. The number of hydrogen-bond donors (Lipinski definition) is 0. The van der Waals surface area contributed by atoms with Crippen LogP contribution in [0.15, 0.2) is 46.6 Å². The fourth-order valence-corrected chi connectivity index (χ4v) is 1.68. The van der Waals surface area contributed by atoms with Crippen molar-refractivity contribution in [1.82, 2.24) is 0 Å². The lowest BCUT2D eigenvalue weighted by atomic mass is 10.1. The van der Waals surface area contributed by atoms with Crippen LogP contribution in [0.25, 0.3) is 0 Å². The highest BCUT2D eigenvalue weighted by Gasteiger charge is 2.01. The third-order valence-corrected chi connectivity index (χ3v) is 2.89. The Labute approximate surface area is 120 Å². The van der Waals surface area contributed by atoms with Crippen molar-refractivity contribution in [2.45, 2.75) is 13.3 Å². The van der Waals surface area contributed by atoms with Crippen molar-refractivity contribution < 1.29 is 13.2 Å². The van der Waals surface area contributed by atoms with Crippen molar-refractivity contribution in [3.8, 4) is 0 Å². The van der Waals surface area contributed by atoms with E-state index in [1.165, 1.54) is 24.6 Å². The van der Waals surface area contributed by atoms with Gasteiger partial charge >= 0.3 is 0 Å². The fraction of sp³-hybridized carbons (Fsp3) is 0.125. The Kier molecular flexibility index (Phi) is 4.87. The van der Waals surface area contributed by atoms with Gasteiger partial charge in [-0.3, -0.25) is 0 Å². The molecule has 0 radical (unpaired) electrons. The summed E-state index contributed by atoms with van der Waals surface area (Å²) in [6.45, 7) is 1.94. The lowest BCUT2D eigenvalue weighted by Crippen LogP contribution is -1.91. The van der Waals surface area contributed by atoms with Crippen LogP contribution < -0.4 is 0 Å². The lowest BCUT2D eigenvalue weighted by molar-refractivity contribution is 0.508. The van der Waals surface area contributed by atoms with Crippen LogP contribution in [0.3, 0.4) is 0 Å². The largest absolute Gasteiger partial charge is 0.206 e. The maximum Gasteiger partial charge on any atom is 0.159 e. The standard InChI is InChI=1S/C16H13F3N2/c1-2-11-3-5-13(15(18)7-11)10-21-20-9-12-4-6-14(17)16(19)8-12/h3-10H,2H2,1H3/b20-9+,21-10+. The second-order valence-corrected chi connectivity index (χ2v) is 4.37. The van der Waals surface area contributed by atoms with Gasteiger partial charge in [-0.1, -0.05) is 25.1 Å². The molecule has 0 aliphatic heterocycles. The van der Waals surface area contributed by atoms with E-state index in [-0.39, 0.29) is 5.82 Å². The quantitative estimate of drug-likeness (QED) is 0.598. The molecule has 108 valence electrons. The van der Waals surface area contributed by atoms with Crippen molar-refractivity contribution in [2.75, 3.05) is 0 Å². The number of nitrogens with zero attached hydrogens (tertiary/aromatic N) is 2. The Morgan fingerprint density at radius 1 is 0.857 bits per heavy atom. The van der Waals surface area contributed by atoms with Gasteiger partial charge in [0.2, 0.25) is 0 Å². The summed E-state index contributed by atoms with van der Waals surface area (Å²) in [5, 5.41) is 7.37. The van der Waals surface area contributed by atoms with Crippen LogP contribution in [0.4, 0.5) is 13.2 Å². The highest BCUT2D eigenvalue weighted by atomic mass is 19.2. The molecular weight excluding hydrogens is 277 g/mol. The average Bonchev–Trinajstić information content (AvgIpc) is 2.48. The van der Waals surface area contributed by atoms with Gasteiger partial charge < -0.3 is 0 Å². The van der Waals surface area contributed by atoms with E-state index in [1.807, 2.05) is 13.0 Å². The van der Waals surface area contributed by atoms with Crippen LogP contribution in [-0.2, 0) is 6.42 Å². The van der Waals surface area contributed by atoms with Crippen LogP contribution >= 0.6 is 0 Å². The summed E-state index contributed by atoms with van der Waals surface area (Å²) in [7, 11) is 0. The Bertz CT molecular complexity index is 694. The molecule has 0 aromatic heterocycles. The number of halogens is 3. The zero-order chi connectivity index (χ0) is 15.2. The molecule has 0 saturated carbocycles. The number of hydrogen-bond acceptors (Lipinski definition) is 2. The summed E-state index contributed by atoms with van der Waals surface area (Å²) in [4.78, 5) is 0. The molecule has 0 fully saturated rings. The Hall–Kier alpha value is -2.43. The molecular formula is C16H13F3N2. The molecule has 0 atom stereocenters. The van der Waals surface area contributed by atoms with Gasteiger partial charge in [-0.15, -0.1) is 0 Å². The molecule has 5 heteroatoms. The molecule has 21 heavy (non-hydrogen) atoms. The van der Waals surface area contributed by atoms with Gasteiger partial charge in [-0.25, -0.2) is 13.2 Å². The van der Waals surface area contributed by atoms with Crippen molar-refractivity contribution in [2.24, 2.45) is 10.2 Å². The van der Waals surface area contributed by atoms with E-state index >= 15 is 0 Å². The van der Waals surface area contributed by atoms with Crippen molar-refractivity contribution in [3.05, 3.63) is 70.5 Å². The van der Waals surface area contributed by atoms with Gasteiger partial charge in [0.05, 0.1) is 12.4 Å². The third kappa shape index (κ3) is 4.02. The summed E-state index contributed by atoms with van der Waals surface area (Å²) in [5.41, 5.74) is 1.58. The maximum atomic E-state index is 13.7. The maximum absolute atomic E-state index is 13.7. The van der Waals surface area contributed by atoms with E-state index in [4.69, 9.17) is 0 Å². The molecule has 0 heterocycles. The van der Waals surface area contributed by atoms with Crippen LogP contribution in [0.1, 0.15) is 23.6 Å². The lowest BCUT2D eigenvalue weighted by Gasteiger charge is -1.99. The molecule has 0 amide bonds. The second kappa shape index (κ2) is 6.83. The van der Waals surface area contributed by atoms with Crippen LogP contribution in [0.2, 0.25) is 0 Å². The molecule has 0 unspecified atom stereocenters. The first-order chi connectivity index (χ1) is 10.1. The fourth-order valence-electron chi connectivity index (χ4n) is 1.68. The summed E-state index contributed by atoms with van der Waals surface area (Å²) in [6.07, 6.45) is 3.28. The molecule has 2 aromatic carbocycles. The average molecular weight is 290 g/mol. The Morgan fingerprint density at radius 3 is 2.29 bits per heavy atom. The topological polar surface area (TPSA) is 24.7 Å². The van der Waals surface area contributed by atoms with Gasteiger partial charge in [0, 0.05) is 5.56 Å². The molecule has 0 N–H and O–H groups in total. The van der Waals surface area contributed by atoms with Gasteiger partial charge in [0.1, 0.15) is 5.82 Å². The monoisotopic (exact) mass is 290 g/mol. The summed E-state index contributed by atoms with van der Waals surface area (Å²) in [6, 6.07) is 8.25. The molecule has 0 spiro atoms. The zero-order valence-electron chi connectivity index (χ0n) is 11.4. The molecule has 2 nitrogen and oxygen atoms in total. The predicted octanol–water partition coefficient (Wildman–Crippen LogP) is 4.12. The first-order valence-electron chi connectivity index (χ1n) is 6.40. The SMILES string of the molecule is CCc1ccc(/C=N/N=C/c2ccc(F)c(F)c2)c(F)c1. The molecule has 0 saturated heterocycles. The van der Waals surface area contributed by atoms with E-state index < -0.39 is 11.6 Å². The van der Waals surface area contributed by atoms with Crippen LogP contribution in [0.5, 0.6) is 0 Å². The van der Waals surface area contributed by atoms with E-state index in [9.17, 15) is 13.2 Å². The summed E-state index contributed by atoms with van der Waals surface area (Å²) < 4.78 is 39.3. The van der Waals surface area contributed by atoms with Gasteiger partial charge in [0.15, 0.2) is 11.6 Å². The highest BCUT2D eigenvalue weighted by Crippen LogP contribution is 2.09. The predicted molar refractivity (Wildman–Crippen MR) is 77.3 cm³/mol. The third-order valence-electron chi connectivity index (χ3n) is 2.89. The molecule has 0 bridgehead atoms. The van der Waals surface area contributed by atoms with Crippen LogP contribution in [0, 0.1) is 17.5 Å². The van der Waals surface area contributed by atoms with E-state index in [0.717, 1.165) is 24.1 Å². The minimum absolute atomic E-state index is 0.314. The van der Waals surface area contributed by atoms with Crippen molar-refractivity contribution >= 4 is 12.4 Å².